The Morgan fingerprint density at radius 1 is 1.21 bits per heavy atom. The summed E-state index contributed by atoms with van der Waals surface area (Å²) in [5, 5.41) is 4.44. The summed E-state index contributed by atoms with van der Waals surface area (Å²) >= 11 is 7.88. The molecule has 1 atom stereocenters. The van der Waals surface area contributed by atoms with E-state index in [1.165, 1.54) is 11.3 Å². The summed E-state index contributed by atoms with van der Waals surface area (Å²) in [4.78, 5) is 18.1. The van der Waals surface area contributed by atoms with E-state index in [0.29, 0.717) is 21.5 Å². The van der Waals surface area contributed by atoms with Crippen LogP contribution in [-0.2, 0) is 7.05 Å². The molecule has 0 saturated heterocycles. The highest BCUT2D eigenvalue weighted by Crippen LogP contribution is 2.36. The van der Waals surface area contributed by atoms with Crippen molar-refractivity contribution in [3.8, 4) is 5.75 Å². The summed E-state index contributed by atoms with van der Waals surface area (Å²) in [7, 11) is 3.50. The van der Waals surface area contributed by atoms with Crippen LogP contribution < -0.4 is 10.1 Å². The van der Waals surface area contributed by atoms with Gasteiger partial charge in [-0.25, -0.2) is 4.98 Å². The number of rotatable bonds is 5. The third kappa shape index (κ3) is 3.25. The Morgan fingerprint density at radius 3 is 2.68 bits per heavy atom. The number of imidazole rings is 1. The highest BCUT2D eigenvalue weighted by Gasteiger charge is 2.26. The first-order valence-corrected chi connectivity index (χ1v) is 9.87. The van der Waals surface area contributed by atoms with Crippen molar-refractivity contribution < 1.29 is 9.53 Å². The lowest BCUT2D eigenvalue weighted by molar-refractivity contribution is 0.0945. The number of fused-ring (bicyclic) bond motifs is 1. The zero-order chi connectivity index (χ0) is 19.7. The highest BCUT2D eigenvalue weighted by atomic mass is 35.5. The van der Waals surface area contributed by atoms with Crippen LogP contribution in [0.3, 0.4) is 0 Å². The van der Waals surface area contributed by atoms with Gasteiger partial charge in [0.2, 0.25) is 0 Å². The van der Waals surface area contributed by atoms with Crippen LogP contribution in [0.4, 0.5) is 0 Å². The van der Waals surface area contributed by atoms with Crippen molar-refractivity contribution in [3.63, 3.8) is 0 Å². The van der Waals surface area contributed by atoms with Gasteiger partial charge in [0, 0.05) is 35.1 Å². The first kappa shape index (κ1) is 18.5. The van der Waals surface area contributed by atoms with Crippen LogP contribution in [0.2, 0.25) is 5.02 Å². The second kappa shape index (κ2) is 7.66. The second-order valence-electron chi connectivity index (χ2n) is 6.29. The Kier molecular flexibility index (Phi) is 5.07. The lowest BCUT2D eigenvalue weighted by Gasteiger charge is -2.21. The first-order chi connectivity index (χ1) is 13.6. The first-order valence-electron chi connectivity index (χ1n) is 8.68. The molecule has 28 heavy (non-hydrogen) atoms. The molecular formula is C21H18ClN3O2S. The average molecular weight is 412 g/mol. The van der Waals surface area contributed by atoms with E-state index in [2.05, 4.69) is 10.3 Å². The molecule has 0 spiro atoms. The quantitative estimate of drug-likeness (QED) is 0.512. The minimum Gasteiger partial charge on any atom is -0.496 e. The Balaban J connectivity index is 1.76. The Labute approximate surface area is 171 Å². The number of thiophene rings is 1. The number of ether oxygens (including phenoxy) is 1. The number of aryl methyl sites for hydroxylation is 1. The maximum Gasteiger partial charge on any atom is 0.263 e. The van der Waals surface area contributed by atoms with Crippen LogP contribution in [0.25, 0.3) is 10.1 Å². The van der Waals surface area contributed by atoms with E-state index in [9.17, 15) is 4.79 Å². The fraction of sp³-hybridized carbons (Fsp3) is 0.143. The zero-order valence-corrected chi connectivity index (χ0v) is 16.9. The Morgan fingerprint density at radius 2 is 1.96 bits per heavy atom. The normalized spacial score (nSPS) is 12.1. The van der Waals surface area contributed by atoms with Gasteiger partial charge in [0.05, 0.1) is 12.1 Å². The van der Waals surface area contributed by atoms with E-state index < -0.39 is 6.04 Å². The molecular weight excluding hydrogens is 394 g/mol. The number of nitrogens with zero attached hydrogens (tertiary/aromatic N) is 2. The molecule has 0 radical (unpaired) electrons. The summed E-state index contributed by atoms with van der Waals surface area (Å²) in [6, 6.07) is 14.8. The maximum atomic E-state index is 13.2. The fourth-order valence-electron chi connectivity index (χ4n) is 3.20. The van der Waals surface area contributed by atoms with E-state index in [-0.39, 0.29) is 5.91 Å². The molecule has 0 aliphatic heterocycles. The molecule has 0 bridgehead atoms. The number of halogens is 1. The summed E-state index contributed by atoms with van der Waals surface area (Å²) in [6.07, 6.45) is 3.55. The third-order valence-corrected chi connectivity index (χ3v) is 6.26. The monoisotopic (exact) mass is 411 g/mol. The largest absolute Gasteiger partial charge is 0.496 e. The average Bonchev–Trinajstić information content (AvgIpc) is 3.29. The predicted octanol–water partition coefficient (Wildman–Crippen LogP) is 4.82. The van der Waals surface area contributed by atoms with Gasteiger partial charge in [-0.3, -0.25) is 4.79 Å². The molecule has 1 amide bonds. The van der Waals surface area contributed by atoms with Crippen LogP contribution in [0.5, 0.6) is 5.75 Å². The smallest absolute Gasteiger partial charge is 0.263 e. The Bertz CT molecular complexity index is 1150. The summed E-state index contributed by atoms with van der Waals surface area (Å²) in [5.41, 5.74) is 0.824. The van der Waals surface area contributed by atoms with Gasteiger partial charge in [0.1, 0.15) is 22.5 Å². The van der Waals surface area contributed by atoms with Crippen molar-refractivity contribution in [1.82, 2.24) is 14.9 Å². The fourth-order valence-corrected chi connectivity index (χ4v) is 4.62. The molecule has 7 heteroatoms. The lowest BCUT2D eigenvalue weighted by atomic mass is 10.0. The third-order valence-electron chi connectivity index (χ3n) is 4.58. The molecule has 0 aliphatic rings. The number of methoxy groups -OCH3 is 1. The molecule has 0 aliphatic carbocycles. The highest BCUT2D eigenvalue weighted by molar-refractivity contribution is 7.21. The minimum atomic E-state index is -0.482. The maximum absolute atomic E-state index is 13.2. The van der Waals surface area contributed by atoms with Crippen LogP contribution in [0.1, 0.15) is 27.1 Å². The molecule has 2 aromatic heterocycles. The number of aromatic nitrogens is 2. The van der Waals surface area contributed by atoms with Gasteiger partial charge >= 0.3 is 0 Å². The van der Waals surface area contributed by atoms with Crippen molar-refractivity contribution in [3.05, 3.63) is 82.2 Å². The van der Waals surface area contributed by atoms with E-state index in [1.54, 1.807) is 13.3 Å². The van der Waals surface area contributed by atoms with Crippen LogP contribution >= 0.6 is 22.9 Å². The van der Waals surface area contributed by atoms with E-state index >= 15 is 0 Å². The summed E-state index contributed by atoms with van der Waals surface area (Å²) < 4.78 is 8.37. The number of para-hydroxylation sites is 1. The van der Waals surface area contributed by atoms with Gasteiger partial charge in [-0.05, 0) is 12.1 Å². The number of amides is 1. The number of nitrogens with one attached hydrogen (secondary N) is 1. The standard InChI is InChI=1S/C21H18ClN3O2S/c1-25-12-11-23-20(25)18(13-7-3-5-9-15(13)27-2)24-21(26)19-17(22)14-8-4-6-10-16(14)28-19/h3-12,18H,1-2H3,(H,24,26). The van der Waals surface area contributed by atoms with E-state index in [0.717, 1.165) is 15.6 Å². The molecule has 0 fully saturated rings. The molecule has 4 aromatic rings. The van der Waals surface area contributed by atoms with Crippen molar-refractivity contribution in [1.29, 1.82) is 0 Å². The van der Waals surface area contributed by atoms with Crippen LogP contribution in [-0.4, -0.2) is 22.6 Å². The predicted molar refractivity (Wildman–Crippen MR) is 112 cm³/mol. The van der Waals surface area contributed by atoms with E-state index in [1.807, 2.05) is 66.3 Å². The molecule has 2 aromatic carbocycles. The number of carbonyl (C=O) groups excluding carboxylic acids is 1. The Hall–Kier alpha value is -2.83. The SMILES string of the molecule is COc1ccccc1C(NC(=O)c1sc2ccccc2c1Cl)c1nccn1C. The molecule has 142 valence electrons. The van der Waals surface area contributed by atoms with Crippen LogP contribution in [0.15, 0.2) is 60.9 Å². The van der Waals surface area contributed by atoms with Crippen molar-refractivity contribution in [2.24, 2.45) is 7.05 Å². The number of benzene rings is 2. The van der Waals surface area contributed by atoms with Crippen molar-refractivity contribution in [2.45, 2.75) is 6.04 Å². The molecule has 4 rings (SSSR count). The van der Waals surface area contributed by atoms with Gasteiger partial charge in [0.25, 0.3) is 5.91 Å². The van der Waals surface area contributed by atoms with E-state index in [4.69, 9.17) is 16.3 Å². The van der Waals surface area contributed by atoms with Crippen molar-refractivity contribution >= 4 is 38.9 Å². The number of hydrogen-bond acceptors (Lipinski definition) is 4. The minimum absolute atomic E-state index is 0.245. The molecule has 1 N–H and O–H groups in total. The number of carbonyl (C=O) groups is 1. The summed E-state index contributed by atoms with van der Waals surface area (Å²) in [6.45, 7) is 0. The van der Waals surface area contributed by atoms with Gasteiger partial charge < -0.3 is 14.6 Å². The molecule has 0 saturated carbocycles. The zero-order valence-electron chi connectivity index (χ0n) is 15.3. The van der Waals surface area contributed by atoms with Gasteiger partial charge in [-0.2, -0.15) is 0 Å². The van der Waals surface area contributed by atoms with Crippen LogP contribution in [0, 0.1) is 0 Å². The topological polar surface area (TPSA) is 56.1 Å². The second-order valence-corrected chi connectivity index (χ2v) is 7.72. The number of hydrogen-bond donors (Lipinski definition) is 1. The molecule has 5 nitrogen and oxygen atoms in total. The molecule has 1 unspecified atom stereocenters. The van der Waals surface area contributed by atoms with Crippen molar-refractivity contribution in [2.75, 3.05) is 7.11 Å². The van der Waals surface area contributed by atoms with Gasteiger partial charge in [-0.1, -0.05) is 48.0 Å². The molecule has 2 heterocycles. The van der Waals surface area contributed by atoms with Gasteiger partial charge in [-0.15, -0.1) is 11.3 Å². The lowest BCUT2D eigenvalue weighted by Crippen LogP contribution is -2.31. The van der Waals surface area contributed by atoms with Gasteiger partial charge in [0.15, 0.2) is 0 Å². The summed E-state index contributed by atoms with van der Waals surface area (Å²) in [5.74, 6) is 1.14.